The molecule has 152 valence electrons. The molecule has 0 aromatic carbocycles. The van der Waals surface area contributed by atoms with Gasteiger partial charge in [-0.1, -0.05) is 6.07 Å². The van der Waals surface area contributed by atoms with Crippen molar-refractivity contribution in [3.63, 3.8) is 0 Å². The van der Waals surface area contributed by atoms with Gasteiger partial charge < -0.3 is 19.5 Å². The van der Waals surface area contributed by atoms with Gasteiger partial charge in [0.05, 0.1) is 17.6 Å². The summed E-state index contributed by atoms with van der Waals surface area (Å²) in [6.07, 6.45) is 8.43. The van der Waals surface area contributed by atoms with Gasteiger partial charge in [0.1, 0.15) is 12.2 Å². The number of fused-ring (bicyclic) bond motifs is 1. The summed E-state index contributed by atoms with van der Waals surface area (Å²) in [6, 6.07) is 4.09. The van der Waals surface area contributed by atoms with E-state index in [0.29, 0.717) is 26.2 Å². The molecule has 9 heteroatoms. The summed E-state index contributed by atoms with van der Waals surface area (Å²) in [5, 5.41) is 7.52. The lowest BCUT2D eigenvalue weighted by molar-refractivity contribution is -0.120. The van der Waals surface area contributed by atoms with Crippen molar-refractivity contribution in [1.29, 1.82) is 0 Å². The Morgan fingerprint density at radius 1 is 1.31 bits per heavy atom. The smallest absolute Gasteiger partial charge is 0.246 e. The van der Waals surface area contributed by atoms with Crippen LogP contribution in [0.3, 0.4) is 0 Å². The minimum atomic E-state index is 0.0445. The van der Waals surface area contributed by atoms with Gasteiger partial charge in [0.2, 0.25) is 5.91 Å². The Hall–Kier alpha value is -3.36. The number of nitrogens with one attached hydrogen (secondary N) is 1. The second-order valence-electron chi connectivity index (χ2n) is 7.22. The van der Waals surface area contributed by atoms with Gasteiger partial charge in [0.15, 0.2) is 5.96 Å². The zero-order valence-corrected chi connectivity index (χ0v) is 17.0. The third-order valence-corrected chi connectivity index (χ3v) is 5.13. The Kier molecular flexibility index (Phi) is 5.20. The van der Waals surface area contributed by atoms with E-state index >= 15 is 0 Å². The first-order valence-electron chi connectivity index (χ1n) is 9.73. The number of anilines is 1. The number of hydrogen-bond acceptors (Lipinski definition) is 4. The molecule has 1 fully saturated rings. The lowest BCUT2D eigenvalue weighted by atomic mass is 10.3. The van der Waals surface area contributed by atoms with Crippen LogP contribution in [-0.2, 0) is 18.3 Å². The van der Waals surface area contributed by atoms with Crippen LogP contribution in [0.2, 0.25) is 0 Å². The fourth-order valence-corrected chi connectivity index (χ4v) is 3.63. The average Bonchev–Trinajstić information content (AvgIpc) is 3.32. The SMILES string of the molecule is CN=C(NCCc1cn2cccc(C)c2n1)N1CCN(c2cnn(C)c2)C(=O)C1. The van der Waals surface area contributed by atoms with Crippen molar-refractivity contribution >= 4 is 23.2 Å². The second-order valence-corrected chi connectivity index (χ2v) is 7.22. The molecule has 0 bridgehead atoms. The van der Waals surface area contributed by atoms with Gasteiger partial charge in [-0.25, -0.2) is 4.98 Å². The first kappa shape index (κ1) is 19.0. The van der Waals surface area contributed by atoms with Gasteiger partial charge in [0.25, 0.3) is 0 Å². The van der Waals surface area contributed by atoms with Gasteiger partial charge >= 0.3 is 0 Å². The summed E-state index contributed by atoms with van der Waals surface area (Å²) in [5.74, 6) is 0.784. The molecule has 0 aliphatic carbocycles. The van der Waals surface area contributed by atoms with E-state index in [9.17, 15) is 4.79 Å². The Labute approximate surface area is 169 Å². The van der Waals surface area contributed by atoms with E-state index in [1.54, 1.807) is 22.8 Å². The first-order valence-corrected chi connectivity index (χ1v) is 9.73. The molecule has 3 aromatic rings. The highest BCUT2D eigenvalue weighted by atomic mass is 16.2. The molecule has 4 rings (SSSR count). The highest BCUT2D eigenvalue weighted by molar-refractivity contribution is 5.98. The number of aryl methyl sites for hydroxylation is 2. The molecule has 0 atom stereocenters. The number of aromatic nitrogens is 4. The molecule has 1 amide bonds. The molecule has 1 N–H and O–H groups in total. The zero-order valence-electron chi connectivity index (χ0n) is 17.0. The van der Waals surface area contributed by atoms with Crippen LogP contribution in [0.5, 0.6) is 0 Å². The maximum Gasteiger partial charge on any atom is 0.246 e. The number of carbonyl (C=O) groups excluding carboxylic acids is 1. The van der Waals surface area contributed by atoms with E-state index in [2.05, 4.69) is 39.0 Å². The predicted octanol–water partition coefficient (Wildman–Crippen LogP) is 0.843. The number of imidazole rings is 1. The fraction of sp³-hybridized carbons (Fsp3) is 0.400. The summed E-state index contributed by atoms with van der Waals surface area (Å²) in [7, 11) is 3.59. The molecule has 0 spiro atoms. The molecule has 0 unspecified atom stereocenters. The minimum Gasteiger partial charge on any atom is -0.356 e. The van der Waals surface area contributed by atoms with Crippen LogP contribution in [-0.4, -0.2) is 69.2 Å². The topological polar surface area (TPSA) is 83.1 Å². The molecule has 0 saturated carbocycles. The van der Waals surface area contributed by atoms with E-state index < -0.39 is 0 Å². The van der Waals surface area contributed by atoms with Crippen molar-refractivity contribution in [2.75, 3.05) is 38.1 Å². The maximum atomic E-state index is 12.6. The van der Waals surface area contributed by atoms with E-state index in [1.165, 1.54) is 0 Å². The van der Waals surface area contributed by atoms with Gasteiger partial charge in [0, 0.05) is 58.7 Å². The summed E-state index contributed by atoms with van der Waals surface area (Å²) in [4.78, 5) is 25.4. The van der Waals surface area contributed by atoms with Gasteiger partial charge in [-0.05, 0) is 18.6 Å². The Morgan fingerprint density at radius 2 is 2.17 bits per heavy atom. The van der Waals surface area contributed by atoms with E-state index in [0.717, 1.165) is 35.0 Å². The number of pyridine rings is 1. The molecule has 9 nitrogen and oxygen atoms in total. The van der Waals surface area contributed by atoms with Gasteiger partial charge in [-0.2, -0.15) is 5.10 Å². The Balaban J connectivity index is 1.33. The van der Waals surface area contributed by atoms with Crippen molar-refractivity contribution in [2.24, 2.45) is 12.0 Å². The van der Waals surface area contributed by atoms with Crippen molar-refractivity contribution in [3.8, 4) is 0 Å². The van der Waals surface area contributed by atoms with Gasteiger partial charge in [-0.15, -0.1) is 0 Å². The number of piperazine rings is 1. The summed E-state index contributed by atoms with van der Waals surface area (Å²) in [6.45, 7) is 4.38. The largest absolute Gasteiger partial charge is 0.356 e. The number of carbonyl (C=O) groups is 1. The van der Waals surface area contributed by atoms with E-state index in [-0.39, 0.29) is 5.91 Å². The first-order chi connectivity index (χ1) is 14.0. The highest BCUT2D eigenvalue weighted by Gasteiger charge is 2.27. The van der Waals surface area contributed by atoms with Crippen molar-refractivity contribution in [1.82, 2.24) is 29.4 Å². The molecule has 4 heterocycles. The van der Waals surface area contributed by atoms with Crippen LogP contribution in [0.15, 0.2) is 41.9 Å². The van der Waals surface area contributed by atoms with Crippen LogP contribution in [0, 0.1) is 6.92 Å². The second kappa shape index (κ2) is 7.94. The molecular weight excluding hydrogens is 368 g/mol. The van der Waals surface area contributed by atoms with Crippen LogP contribution in [0.25, 0.3) is 5.65 Å². The van der Waals surface area contributed by atoms with Crippen molar-refractivity contribution in [2.45, 2.75) is 13.3 Å². The fourth-order valence-electron chi connectivity index (χ4n) is 3.63. The highest BCUT2D eigenvalue weighted by Crippen LogP contribution is 2.16. The lowest BCUT2D eigenvalue weighted by Crippen LogP contribution is -2.55. The summed E-state index contributed by atoms with van der Waals surface area (Å²) in [5.41, 5.74) is 4.01. The lowest BCUT2D eigenvalue weighted by Gasteiger charge is -2.35. The monoisotopic (exact) mass is 394 g/mol. The molecule has 1 aliphatic rings. The summed E-state index contributed by atoms with van der Waals surface area (Å²) < 4.78 is 3.76. The number of aliphatic imine (C=N–C) groups is 1. The normalized spacial score (nSPS) is 15.4. The van der Waals surface area contributed by atoms with Crippen LogP contribution >= 0.6 is 0 Å². The quantitative estimate of drug-likeness (QED) is 0.524. The average molecular weight is 394 g/mol. The standard InChI is InChI=1S/C20H26N8O/c1-15-5-4-8-26-12-16(24-19(15)26)6-7-22-20(21-2)27-9-10-28(18(29)14-27)17-11-23-25(3)13-17/h4-5,8,11-13H,6-7,9-10,14H2,1-3H3,(H,21,22). The number of amides is 1. The molecule has 29 heavy (non-hydrogen) atoms. The van der Waals surface area contributed by atoms with Crippen LogP contribution < -0.4 is 10.2 Å². The number of hydrogen-bond donors (Lipinski definition) is 1. The molecular formula is C20H26N8O. The number of rotatable bonds is 4. The van der Waals surface area contributed by atoms with Crippen LogP contribution in [0.1, 0.15) is 11.3 Å². The number of guanidine groups is 1. The Bertz CT molecular complexity index is 1050. The molecule has 0 radical (unpaired) electrons. The van der Waals surface area contributed by atoms with E-state index in [4.69, 9.17) is 4.98 Å². The van der Waals surface area contributed by atoms with Crippen LogP contribution in [0.4, 0.5) is 5.69 Å². The predicted molar refractivity (Wildman–Crippen MR) is 112 cm³/mol. The Morgan fingerprint density at radius 3 is 2.86 bits per heavy atom. The molecule has 1 saturated heterocycles. The van der Waals surface area contributed by atoms with Gasteiger partial charge in [-0.3, -0.25) is 14.5 Å². The molecule has 3 aromatic heterocycles. The van der Waals surface area contributed by atoms with E-state index in [1.807, 2.05) is 30.4 Å². The van der Waals surface area contributed by atoms with Crippen molar-refractivity contribution in [3.05, 3.63) is 48.2 Å². The van der Waals surface area contributed by atoms with Crippen molar-refractivity contribution < 1.29 is 4.79 Å². The number of nitrogens with zero attached hydrogens (tertiary/aromatic N) is 7. The minimum absolute atomic E-state index is 0.0445. The third-order valence-electron chi connectivity index (χ3n) is 5.13. The summed E-state index contributed by atoms with van der Waals surface area (Å²) >= 11 is 0. The molecule has 1 aliphatic heterocycles. The maximum absolute atomic E-state index is 12.6. The third kappa shape index (κ3) is 3.94. The zero-order chi connectivity index (χ0) is 20.4.